The second-order valence-corrected chi connectivity index (χ2v) is 4.54. The highest BCUT2D eigenvalue weighted by molar-refractivity contribution is 9.10. The van der Waals surface area contributed by atoms with E-state index in [4.69, 9.17) is 0 Å². The van der Waals surface area contributed by atoms with Crippen LogP contribution < -0.4 is 10.6 Å². The molecule has 2 rings (SSSR count). The van der Waals surface area contributed by atoms with Gasteiger partial charge >= 0.3 is 5.69 Å². The summed E-state index contributed by atoms with van der Waals surface area (Å²) in [5.74, 6) is -0.285. The second-order valence-electron chi connectivity index (χ2n) is 3.69. The summed E-state index contributed by atoms with van der Waals surface area (Å²) in [5, 5.41) is 16.3. The molecule has 0 bridgehead atoms. The summed E-state index contributed by atoms with van der Waals surface area (Å²) in [6.07, 6.45) is 1.08. The lowest BCUT2D eigenvalue weighted by Gasteiger charge is -2.08. The molecule has 0 radical (unpaired) electrons. The number of hydrogen-bond donors (Lipinski definition) is 2. The van der Waals surface area contributed by atoms with Crippen LogP contribution in [0.3, 0.4) is 0 Å². The maximum absolute atomic E-state index is 13.4. The highest BCUT2D eigenvalue weighted by atomic mass is 79.9. The maximum Gasteiger partial charge on any atom is 0.329 e. The molecule has 0 aliphatic heterocycles. The molecule has 0 spiro atoms. The smallest absolute Gasteiger partial charge is 0.329 e. The summed E-state index contributed by atoms with van der Waals surface area (Å²) in [4.78, 5) is 18.0. The molecule has 1 aromatic heterocycles. The number of nitro groups is 1. The Labute approximate surface area is 121 Å². The quantitative estimate of drug-likeness (QED) is 0.655. The van der Waals surface area contributed by atoms with Crippen LogP contribution in [0.4, 0.5) is 27.5 Å². The van der Waals surface area contributed by atoms with Crippen LogP contribution in [0.25, 0.3) is 0 Å². The van der Waals surface area contributed by atoms with Gasteiger partial charge in [-0.05, 0) is 34.1 Å². The Kier molecular flexibility index (Phi) is 4.08. The van der Waals surface area contributed by atoms with E-state index in [1.165, 1.54) is 12.1 Å². The number of nitrogens with zero attached hydrogens (tertiary/aromatic N) is 3. The Bertz CT molecular complexity index is 667. The van der Waals surface area contributed by atoms with Gasteiger partial charge in [-0.1, -0.05) is 0 Å². The molecule has 0 amide bonds. The molecule has 2 aromatic rings. The minimum atomic E-state index is -0.614. The van der Waals surface area contributed by atoms with Crippen molar-refractivity contribution in [3.63, 3.8) is 0 Å². The Morgan fingerprint density at radius 2 is 2.20 bits per heavy atom. The predicted octanol–water partition coefficient (Wildman–Crippen LogP) is 3.07. The molecule has 0 saturated carbocycles. The van der Waals surface area contributed by atoms with E-state index in [2.05, 4.69) is 36.5 Å². The molecule has 1 aromatic carbocycles. The molecule has 0 aliphatic carbocycles. The summed E-state index contributed by atoms with van der Waals surface area (Å²) in [6.45, 7) is 0. The van der Waals surface area contributed by atoms with E-state index < -0.39 is 10.7 Å². The molecule has 0 atom stereocenters. The number of benzene rings is 1. The number of halogens is 2. The van der Waals surface area contributed by atoms with Crippen molar-refractivity contribution < 1.29 is 9.31 Å². The average molecular weight is 342 g/mol. The monoisotopic (exact) mass is 341 g/mol. The zero-order valence-corrected chi connectivity index (χ0v) is 11.8. The van der Waals surface area contributed by atoms with E-state index in [0.29, 0.717) is 10.2 Å². The van der Waals surface area contributed by atoms with E-state index in [9.17, 15) is 14.5 Å². The van der Waals surface area contributed by atoms with E-state index in [1.54, 1.807) is 13.1 Å². The molecule has 104 valence electrons. The number of hydrogen-bond acceptors (Lipinski definition) is 6. The van der Waals surface area contributed by atoms with Gasteiger partial charge in [0.15, 0.2) is 0 Å². The fourth-order valence-electron chi connectivity index (χ4n) is 1.43. The molecule has 0 aliphatic rings. The van der Waals surface area contributed by atoms with E-state index in [1.807, 2.05) is 0 Å². The highest BCUT2D eigenvalue weighted by Gasteiger charge is 2.17. The van der Waals surface area contributed by atoms with Crippen LogP contribution in [0.2, 0.25) is 0 Å². The molecule has 0 fully saturated rings. The number of anilines is 3. The van der Waals surface area contributed by atoms with Gasteiger partial charge < -0.3 is 10.6 Å². The first-order chi connectivity index (χ1) is 9.51. The fourth-order valence-corrected chi connectivity index (χ4v) is 1.68. The zero-order valence-electron chi connectivity index (χ0n) is 10.2. The molecule has 7 nitrogen and oxygen atoms in total. The van der Waals surface area contributed by atoms with Gasteiger partial charge in [0.2, 0.25) is 11.8 Å². The van der Waals surface area contributed by atoms with Crippen LogP contribution >= 0.6 is 15.9 Å². The first kappa shape index (κ1) is 14.1. The summed E-state index contributed by atoms with van der Waals surface area (Å²) in [6, 6.07) is 4.26. The molecular weight excluding hydrogens is 333 g/mol. The summed E-state index contributed by atoms with van der Waals surface area (Å²) in [5.41, 5.74) is 0.0434. The van der Waals surface area contributed by atoms with Gasteiger partial charge in [-0.3, -0.25) is 10.1 Å². The largest absolute Gasteiger partial charge is 0.357 e. The third kappa shape index (κ3) is 2.99. The van der Waals surface area contributed by atoms with Gasteiger partial charge in [0, 0.05) is 12.7 Å². The van der Waals surface area contributed by atoms with Crippen molar-refractivity contribution >= 4 is 39.1 Å². The minimum absolute atomic E-state index is 0.0175. The first-order valence-corrected chi connectivity index (χ1v) is 6.22. The van der Waals surface area contributed by atoms with Crippen LogP contribution in [0.1, 0.15) is 0 Å². The van der Waals surface area contributed by atoms with Gasteiger partial charge in [0.1, 0.15) is 12.0 Å². The van der Waals surface area contributed by atoms with E-state index >= 15 is 0 Å². The number of nitrogens with one attached hydrogen (secondary N) is 2. The lowest BCUT2D eigenvalue weighted by Crippen LogP contribution is -2.04. The fraction of sp³-hybridized carbons (Fsp3) is 0.0909. The third-order valence-corrected chi connectivity index (χ3v) is 3.02. The van der Waals surface area contributed by atoms with Crippen LogP contribution in [-0.4, -0.2) is 21.9 Å². The topological polar surface area (TPSA) is 93.0 Å². The molecule has 0 saturated heterocycles. The lowest BCUT2D eigenvalue weighted by atomic mass is 10.3. The van der Waals surface area contributed by atoms with Gasteiger partial charge in [0.25, 0.3) is 0 Å². The zero-order chi connectivity index (χ0) is 14.7. The molecule has 0 unspecified atom stereocenters. The van der Waals surface area contributed by atoms with Gasteiger partial charge in [-0.25, -0.2) is 9.37 Å². The highest BCUT2D eigenvalue weighted by Crippen LogP contribution is 2.27. The third-order valence-electron chi connectivity index (χ3n) is 2.37. The Morgan fingerprint density at radius 1 is 1.45 bits per heavy atom. The van der Waals surface area contributed by atoms with E-state index in [0.717, 1.165) is 6.20 Å². The summed E-state index contributed by atoms with van der Waals surface area (Å²) in [7, 11) is 1.59. The minimum Gasteiger partial charge on any atom is -0.357 e. The van der Waals surface area contributed by atoms with Crippen LogP contribution in [0.15, 0.2) is 28.9 Å². The lowest BCUT2D eigenvalue weighted by molar-refractivity contribution is -0.384. The molecule has 2 N–H and O–H groups in total. The molecule has 9 heteroatoms. The Balaban J connectivity index is 2.40. The summed E-state index contributed by atoms with van der Waals surface area (Å²) < 4.78 is 13.7. The standard InChI is InChI=1S/C11H9BrFN5O2/c1-14-11-15-5-9(18(19)20)10(17-11)16-6-2-3-7(12)8(13)4-6/h2-5H,1H3,(H2,14,15,16,17). The van der Waals surface area contributed by atoms with Crippen molar-refractivity contribution in [1.82, 2.24) is 9.97 Å². The Morgan fingerprint density at radius 3 is 2.80 bits per heavy atom. The molecule has 20 heavy (non-hydrogen) atoms. The van der Waals surface area contributed by atoms with Crippen LogP contribution in [0, 0.1) is 15.9 Å². The SMILES string of the molecule is CNc1ncc([N+](=O)[O-])c(Nc2ccc(Br)c(F)c2)n1. The van der Waals surface area contributed by atoms with Gasteiger partial charge in [-0.2, -0.15) is 4.98 Å². The normalized spacial score (nSPS) is 10.2. The molecular formula is C11H9BrFN5O2. The van der Waals surface area contributed by atoms with Crippen molar-refractivity contribution in [3.05, 3.63) is 44.8 Å². The van der Waals surface area contributed by atoms with Gasteiger partial charge in [-0.15, -0.1) is 0 Å². The summed E-state index contributed by atoms with van der Waals surface area (Å²) >= 11 is 3.03. The van der Waals surface area contributed by atoms with Crippen molar-refractivity contribution in [2.75, 3.05) is 17.7 Å². The van der Waals surface area contributed by atoms with Crippen molar-refractivity contribution in [2.45, 2.75) is 0 Å². The maximum atomic E-state index is 13.4. The Hall–Kier alpha value is -2.29. The number of rotatable bonds is 4. The second kappa shape index (κ2) is 5.78. The van der Waals surface area contributed by atoms with Crippen molar-refractivity contribution in [1.29, 1.82) is 0 Å². The first-order valence-electron chi connectivity index (χ1n) is 5.42. The molecule has 1 heterocycles. The van der Waals surface area contributed by atoms with Crippen molar-refractivity contribution in [3.8, 4) is 0 Å². The predicted molar refractivity (Wildman–Crippen MR) is 75.6 cm³/mol. The van der Waals surface area contributed by atoms with Crippen LogP contribution in [-0.2, 0) is 0 Å². The van der Waals surface area contributed by atoms with Crippen LogP contribution in [0.5, 0.6) is 0 Å². The van der Waals surface area contributed by atoms with Gasteiger partial charge in [0.05, 0.1) is 9.40 Å². The number of aromatic nitrogens is 2. The average Bonchev–Trinajstić information content (AvgIpc) is 2.42. The van der Waals surface area contributed by atoms with E-state index in [-0.39, 0.29) is 17.5 Å². The van der Waals surface area contributed by atoms with Crippen molar-refractivity contribution in [2.24, 2.45) is 0 Å².